The average Bonchev–Trinajstić information content (AvgIpc) is 3.01. The predicted molar refractivity (Wildman–Crippen MR) is 86.4 cm³/mol. The fourth-order valence-electron chi connectivity index (χ4n) is 2.69. The molecule has 0 unspecified atom stereocenters. The number of piperidine rings is 1. The van der Waals surface area contributed by atoms with Crippen molar-refractivity contribution in [2.24, 2.45) is 4.99 Å². The van der Waals surface area contributed by atoms with Crippen LogP contribution in [0.15, 0.2) is 27.8 Å². The molecule has 5 nitrogen and oxygen atoms in total. The van der Waals surface area contributed by atoms with E-state index in [1.54, 1.807) is 6.26 Å². The monoisotopic (exact) mass is 292 g/mol. The third-order valence-corrected chi connectivity index (χ3v) is 3.79. The van der Waals surface area contributed by atoms with Crippen molar-refractivity contribution in [3.63, 3.8) is 0 Å². The number of likely N-dealkylation sites (tertiary alicyclic amines) is 1. The maximum atomic E-state index is 5.32. The highest BCUT2D eigenvalue weighted by molar-refractivity contribution is 5.80. The number of hydrogen-bond acceptors (Lipinski definition) is 3. The number of nitrogens with one attached hydrogen (secondary N) is 2. The van der Waals surface area contributed by atoms with E-state index in [1.165, 1.54) is 38.9 Å². The molecule has 2 N–H and O–H groups in total. The summed E-state index contributed by atoms with van der Waals surface area (Å²) in [5.41, 5.74) is 0. The molecule has 0 bridgehead atoms. The van der Waals surface area contributed by atoms with Crippen molar-refractivity contribution in [3.8, 4) is 0 Å². The summed E-state index contributed by atoms with van der Waals surface area (Å²) in [6, 6.07) is 4.37. The van der Waals surface area contributed by atoms with Crippen molar-refractivity contribution in [2.75, 3.05) is 26.2 Å². The highest BCUT2D eigenvalue weighted by Gasteiger charge is 2.19. The quantitative estimate of drug-likeness (QED) is 0.623. The lowest BCUT2D eigenvalue weighted by atomic mass is 10.1. The summed E-state index contributed by atoms with van der Waals surface area (Å²) in [5.74, 6) is 1.79. The fourth-order valence-corrected chi connectivity index (χ4v) is 2.69. The van der Waals surface area contributed by atoms with Crippen molar-refractivity contribution in [2.45, 2.75) is 45.7 Å². The molecule has 0 saturated carbocycles. The molecule has 1 aromatic rings. The molecule has 21 heavy (non-hydrogen) atoms. The lowest BCUT2D eigenvalue weighted by molar-refractivity contribution is 0.206. The van der Waals surface area contributed by atoms with E-state index in [9.17, 15) is 0 Å². The van der Waals surface area contributed by atoms with Crippen LogP contribution in [0.2, 0.25) is 0 Å². The van der Waals surface area contributed by atoms with Crippen molar-refractivity contribution in [1.82, 2.24) is 15.5 Å². The van der Waals surface area contributed by atoms with Crippen LogP contribution in [0.5, 0.6) is 0 Å². The third-order valence-electron chi connectivity index (χ3n) is 3.79. The van der Waals surface area contributed by atoms with Crippen LogP contribution in [-0.2, 0) is 6.54 Å². The predicted octanol–water partition coefficient (Wildman–Crippen LogP) is 2.21. The van der Waals surface area contributed by atoms with Crippen molar-refractivity contribution in [3.05, 3.63) is 24.2 Å². The van der Waals surface area contributed by atoms with Crippen LogP contribution in [0.4, 0.5) is 0 Å². The van der Waals surface area contributed by atoms with Gasteiger partial charge in [-0.05, 0) is 44.9 Å². The van der Waals surface area contributed by atoms with Crippen molar-refractivity contribution >= 4 is 5.96 Å². The molecule has 1 saturated heterocycles. The first kappa shape index (κ1) is 15.9. The molecule has 0 spiro atoms. The van der Waals surface area contributed by atoms with E-state index in [0.29, 0.717) is 12.6 Å². The Balaban J connectivity index is 1.81. The van der Waals surface area contributed by atoms with Gasteiger partial charge < -0.3 is 20.0 Å². The lowest BCUT2D eigenvalue weighted by Gasteiger charge is -2.32. The Morgan fingerprint density at radius 1 is 1.38 bits per heavy atom. The molecule has 5 heteroatoms. The Morgan fingerprint density at radius 3 is 2.81 bits per heavy atom. The van der Waals surface area contributed by atoms with E-state index in [1.807, 2.05) is 12.1 Å². The van der Waals surface area contributed by atoms with E-state index in [0.717, 1.165) is 18.3 Å². The fraction of sp³-hybridized carbons (Fsp3) is 0.688. The molecule has 0 aromatic carbocycles. The number of guanidine groups is 1. The second kappa shape index (κ2) is 8.72. The van der Waals surface area contributed by atoms with Crippen LogP contribution < -0.4 is 10.6 Å². The van der Waals surface area contributed by atoms with Gasteiger partial charge in [0, 0.05) is 25.7 Å². The van der Waals surface area contributed by atoms with Crippen LogP contribution in [-0.4, -0.2) is 43.1 Å². The molecule has 2 rings (SSSR count). The van der Waals surface area contributed by atoms with Gasteiger partial charge in [0.15, 0.2) is 5.96 Å². The largest absolute Gasteiger partial charge is 0.467 e. The van der Waals surface area contributed by atoms with Gasteiger partial charge in [-0.2, -0.15) is 0 Å². The summed E-state index contributed by atoms with van der Waals surface area (Å²) >= 11 is 0. The van der Waals surface area contributed by atoms with Gasteiger partial charge >= 0.3 is 0 Å². The summed E-state index contributed by atoms with van der Waals surface area (Å²) in [7, 11) is 0. The van der Waals surface area contributed by atoms with E-state index < -0.39 is 0 Å². The smallest absolute Gasteiger partial charge is 0.191 e. The van der Waals surface area contributed by atoms with Gasteiger partial charge in [-0.25, -0.2) is 4.99 Å². The van der Waals surface area contributed by atoms with Gasteiger partial charge in [-0.3, -0.25) is 0 Å². The number of rotatable bonds is 6. The summed E-state index contributed by atoms with van der Waals surface area (Å²) in [4.78, 5) is 7.14. The zero-order chi connectivity index (χ0) is 14.9. The highest BCUT2D eigenvalue weighted by atomic mass is 16.3. The van der Waals surface area contributed by atoms with Crippen molar-refractivity contribution < 1.29 is 4.42 Å². The van der Waals surface area contributed by atoms with Crippen LogP contribution >= 0.6 is 0 Å². The number of furan rings is 1. The van der Waals surface area contributed by atoms with Crippen LogP contribution in [0.3, 0.4) is 0 Å². The first-order valence-electron chi connectivity index (χ1n) is 8.11. The minimum Gasteiger partial charge on any atom is -0.467 e. The van der Waals surface area contributed by atoms with E-state index in [4.69, 9.17) is 4.42 Å². The zero-order valence-corrected chi connectivity index (χ0v) is 13.3. The molecule has 1 aromatic heterocycles. The normalized spacial score (nSPS) is 17.9. The van der Waals surface area contributed by atoms with E-state index >= 15 is 0 Å². The second-order valence-corrected chi connectivity index (χ2v) is 5.53. The highest BCUT2D eigenvalue weighted by Crippen LogP contribution is 2.10. The van der Waals surface area contributed by atoms with Crippen LogP contribution in [0.25, 0.3) is 0 Å². The average molecular weight is 292 g/mol. The minimum absolute atomic E-state index is 0.521. The molecule has 0 radical (unpaired) electrons. The number of nitrogens with zero attached hydrogens (tertiary/aromatic N) is 2. The summed E-state index contributed by atoms with van der Waals surface area (Å²) in [6.45, 7) is 9.38. The summed E-state index contributed by atoms with van der Waals surface area (Å²) in [5, 5.41) is 6.86. The Bertz CT molecular complexity index is 408. The Kier molecular flexibility index (Phi) is 6.60. The van der Waals surface area contributed by atoms with Gasteiger partial charge in [0.2, 0.25) is 0 Å². The topological polar surface area (TPSA) is 52.8 Å². The first-order chi connectivity index (χ1) is 10.3. The first-order valence-corrected chi connectivity index (χ1v) is 8.11. The maximum Gasteiger partial charge on any atom is 0.191 e. The molecule has 0 aliphatic carbocycles. The zero-order valence-electron chi connectivity index (χ0n) is 13.3. The van der Waals surface area contributed by atoms with Crippen molar-refractivity contribution in [1.29, 1.82) is 0 Å². The van der Waals surface area contributed by atoms with Gasteiger partial charge in [0.05, 0.1) is 6.26 Å². The van der Waals surface area contributed by atoms with Gasteiger partial charge in [0.25, 0.3) is 0 Å². The third kappa shape index (κ3) is 5.42. The summed E-state index contributed by atoms with van der Waals surface area (Å²) < 4.78 is 5.32. The van der Waals surface area contributed by atoms with Gasteiger partial charge in [-0.15, -0.1) is 0 Å². The van der Waals surface area contributed by atoms with E-state index in [-0.39, 0.29) is 0 Å². The molecular weight excluding hydrogens is 264 g/mol. The molecule has 2 heterocycles. The standard InChI is InChI=1S/C16H28N4O/c1-3-9-20-10-7-14(8-11-20)19-16(17-4-2)18-13-15-6-5-12-21-15/h5-6,12,14H,3-4,7-11,13H2,1-2H3,(H2,17,18,19). The molecule has 0 amide bonds. The SMILES string of the molecule is CCCN1CCC(NC(=NCc2ccco2)NCC)CC1. The van der Waals surface area contributed by atoms with Gasteiger partial charge in [0.1, 0.15) is 12.3 Å². The molecular formula is C16H28N4O. The molecule has 1 aliphatic rings. The molecule has 118 valence electrons. The Labute approximate surface area is 127 Å². The van der Waals surface area contributed by atoms with E-state index in [2.05, 4.69) is 34.4 Å². The summed E-state index contributed by atoms with van der Waals surface area (Å²) in [6.07, 6.45) is 5.30. The molecule has 1 fully saturated rings. The Hall–Kier alpha value is -1.49. The second-order valence-electron chi connectivity index (χ2n) is 5.53. The molecule has 1 aliphatic heterocycles. The lowest BCUT2D eigenvalue weighted by Crippen LogP contribution is -2.48. The Morgan fingerprint density at radius 2 is 2.19 bits per heavy atom. The minimum atomic E-state index is 0.521. The van der Waals surface area contributed by atoms with Crippen LogP contribution in [0, 0.1) is 0 Å². The van der Waals surface area contributed by atoms with Gasteiger partial charge in [-0.1, -0.05) is 6.92 Å². The number of aliphatic imine (C=N–C) groups is 1. The maximum absolute atomic E-state index is 5.32. The van der Waals surface area contributed by atoms with Crippen LogP contribution in [0.1, 0.15) is 38.9 Å². The number of hydrogen-bond donors (Lipinski definition) is 2. The molecule has 0 atom stereocenters.